The van der Waals surface area contributed by atoms with Gasteiger partial charge >= 0.3 is 0 Å². The number of rotatable bonds is 6. The van der Waals surface area contributed by atoms with E-state index >= 15 is 0 Å². The fourth-order valence-electron chi connectivity index (χ4n) is 4.31. The van der Waals surface area contributed by atoms with E-state index in [1.165, 1.54) is 16.8 Å². The van der Waals surface area contributed by atoms with Gasteiger partial charge in [-0.3, -0.25) is 4.90 Å². The molecule has 1 aliphatic heterocycles. The average Bonchev–Trinajstić information content (AvgIpc) is 3.25. The summed E-state index contributed by atoms with van der Waals surface area (Å²) in [5, 5.41) is 0. The van der Waals surface area contributed by atoms with E-state index in [0.717, 1.165) is 44.2 Å². The maximum Gasteiger partial charge on any atom is 0.131 e. The lowest BCUT2D eigenvalue weighted by Crippen LogP contribution is -2.48. The number of benzene rings is 2. The molecule has 1 fully saturated rings. The van der Waals surface area contributed by atoms with E-state index in [9.17, 15) is 0 Å². The number of imidazole rings is 1. The van der Waals surface area contributed by atoms with Crippen LogP contribution < -0.4 is 10.6 Å². The maximum absolute atomic E-state index is 6.61. The lowest BCUT2D eigenvalue weighted by Gasteiger charge is -2.38. The molecule has 2 aromatic carbocycles. The number of aromatic nitrogens is 2. The third-order valence-electron chi connectivity index (χ3n) is 6.04. The molecule has 5 nitrogen and oxygen atoms in total. The smallest absolute Gasteiger partial charge is 0.131 e. The molecule has 2 heterocycles. The van der Waals surface area contributed by atoms with Crippen molar-refractivity contribution in [3.05, 3.63) is 77.9 Å². The van der Waals surface area contributed by atoms with Gasteiger partial charge in [-0.15, -0.1) is 0 Å². The van der Waals surface area contributed by atoms with Crippen LogP contribution in [0.2, 0.25) is 0 Å². The van der Waals surface area contributed by atoms with Gasteiger partial charge in [0.1, 0.15) is 5.82 Å². The quantitative estimate of drug-likeness (QED) is 0.672. The minimum absolute atomic E-state index is 0.115. The van der Waals surface area contributed by atoms with E-state index in [2.05, 4.69) is 88.7 Å². The molecular weight excluding hydrogens is 370 g/mol. The summed E-state index contributed by atoms with van der Waals surface area (Å²) in [4.78, 5) is 9.56. The number of nitrogens with two attached hydrogens (primary N) is 1. The highest BCUT2D eigenvalue weighted by Crippen LogP contribution is 2.28. The van der Waals surface area contributed by atoms with Crippen LogP contribution in [0.3, 0.4) is 0 Å². The van der Waals surface area contributed by atoms with Crippen molar-refractivity contribution in [1.82, 2.24) is 14.5 Å². The van der Waals surface area contributed by atoms with Crippen molar-refractivity contribution in [1.29, 1.82) is 0 Å². The Morgan fingerprint density at radius 3 is 2.37 bits per heavy atom. The number of aryl methyl sites for hydroxylation is 1. The van der Waals surface area contributed by atoms with Gasteiger partial charge < -0.3 is 15.2 Å². The van der Waals surface area contributed by atoms with E-state index < -0.39 is 0 Å². The number of hydrogen-bond acceptors (Lipinski definition) is 4. The zero-order valence-electron chi connectivity index (χ0n) is 18.3. The summed E-state index contributed by atoms with van der Waals surface area (Å²) in [5.41, 5.74) is 11.8. The summed E-state index contributed by atoms with van der Waals surface area (Å²) in [6.45, 7) is 11.6. The van der Waals surface area contributed by atoms with E-state index in [4.69, 9.17) is 5.73 Å². The van der Waals surface area contributed by atoms with Crippen LogP contribution in [0.1, 0.15) is 42.8 Å². The Balaban J connectivity index is 1.39. The Morgan fingerprint density at radius 2 is 1.67 bits per heavy atom. The lowest BCUT2D eigenvalue weighted by molar-refractivity contribution is 0.240. The first-order valence-electron chi connectivity index (χ1n) is 10.9. The van der Waals surface area contributed by atoms with Gasteiger partial charge in [-0.2, -0.15) is 0 Å². The molecule has 1 atom stereocenters. The Bertz CT molecular complexity index is 952. The lowest BCUT2D eigenvalue weighted by atomic mass is 10.00. The van der Waals surface area contributed by atoms with Crippen molar-refractivity contribution in [3.8, 4) is 5.69 Å². The highest BCUT2D eigenvalue weighted by atomic mass is 15.3. The predicted octanol–water partition coefficient (Wildman–Crippen LogP) is 4.13. The third kappa shape index (κ3) is 4.42. The van der Waals surface area contributed by atoms with Crippen molar-refractivity contribution in [2.75, 3.05) is 37.6 Å². The molecule has 1 unspecified atom stereocenters. The number of piperazine rings is 1. The fraction of sp³-hybridized carbons (Fsp3) is 0.400. The summed E-state index contributed by atoms with van der Waals surface area (Å²) in [6.07, 6.45) is 3.84. The molecule has 0 spiro atoms. The SMILES string of the molecule is Cc1ccc(-n2ccnc2C(N)CN2CCN(c3ccccc3C(C)C)CC2)cc1. The number of para-hydroxylation sites is 1. The largest absolute Gasteiger partial charge is 0.369 e. The molecule has 3 aromatic rings. The first kappa shape index (κ1) is 20.6. The van der Waals surface area contributed by atoms with Gasteiger partial charge in [-0.05, 0) is 36.6 Å². The van der Waals surface area contributed by atoms with Crippen molar-refractivity contribution < 1.29 is 0 Å². The molecule has 1 saturated heterocycles. The summed E-state index contributed by atoms with van der Waals surface area (Å²) >= 11 is 0. The first-order chi connectivity index (χ1) is 14.5. The first-order valence-corrected chi connectivity index (χ1v) is 10.9. The predicted molar refractivity (Wildman–Crippen MR) is 124 cm³/mol. The zero-order valence-corrected chi connectivity index (χ0v) is 18.3. The van der Waals surface area contributed by atoms with Crippen LogP contribution in [0, 0.1) is 6.92 Å². The summed E-state index contributed by atoms with van der Waals surface area (Å²) < 4.78 is 2.11. The topological polar surface area (TPSA) is 50.3 Å². The minimum atomic E-state index is -0.115. The summed E-state index contributed by atoms with van der Waals surface area (Å²) in [5.74, 6) is 1.46. The van der Waals surface area contributed by atoms with Crippen molar-refractivity contribution in [2.24, 2.45) is 5.73 Å². The average molecular weight is 404 g/mol. The number of hydrogen-bond donors (Lipinski definition) is 1. The molecule has 4 rings (SSSR count). The van der Waals surface area contributed by atoms with Gasteiger partial charge in [0.25, 0.3) is 0 Å². The molecule has 30 heavy (non-hydrogen) atoms. The molecule has 158 valence electrons. The van der Waals surface area contributed by atoms with Gasteiger partial charge in [0, 0.05) is 56.5 Å². The van der Waals surface area contributed by atoms with Gasteiger partial charge in [-0.25, -0.2) is 4.98 Å². The Labute approximate surface area is 180 Å². The van der Waals surface area contributed by atoms with E-state index in [-0.39, 0.29) is 6.04 Å². The van der Waals surface area contributed by atoms with Crippen LogP contribution in [0.15, 0.2) is 60.9 Å². The molecule has 1 aliphatic rings. The molecule has 5 heteroatoms. The van der Waals surface area contributed by atoms with E-state index in [1.54, 1.807) is 0 Å². The fourth-order valence-corrected chi connectivity index (χ4v) is 4.31. The van der Waals surface area contributed by atoms with Crippen molar-refractivity contribution in [3.63, 3.8) is 0 Å². The zero-order chi connectivity index (χ0) is 21.1. The second-order valence-electron chi connectivity index (χ2n) is 8.60. The van der Waals surface area contributed by atoms with Gasteiger partial charge in [-0.1, -0.05) is 49.7 Å². The summed E-state index contributed by atoms with van der Waals surface area (Å²) in [7, 11) is 0. The van der Waals surface area contributed by atoms with Crippen LogP contribution >= 0.6 is 0 Å². The molecule has 0 amide bonds. The molecule has 0 bridgehead atoms. The summed E-state index contributed by atoms with van der Waals surface area (Å²) in [6, 6.07) is 17.2. The standard InChI is InChI=1S/C25H33N5/c1-19(2)22-6-4-5-7-24(22)29-16-14-28(15-17-29)18-23(26)25-27-12-13-30(25)21-10-8-20(3)9-11-21/h4-13,19,23H,14-18,26H2,1-3H3. The van der Waals surface area contributed by atoms with Crippen molar-refractivity contribution >= 4 is 5.69 Å². The maximum atomic E-state index is 6.61. The molecular formula is C25H33N5. The van der Waals surface area contributed by atoms with Crippen molar-refractivity contribution in [2.45, 2.75) is 32.7 Å². The molecule has 1 aromatic heterocycles. The Hall–Kier alpha value is -2.63. The van der Waals surface area contributed by atoms with Crippen LogP contribution in [-0.2, 0) is 0 Å². The van der Waals surface area contributed by atoms with Gasteiger partial charge in [0.2, 0.25) is 0 Å². The minimum Gasteiger partial charge on any atom is -0.369 e. The van der Waals surface area contributed by atoms with Crippen LogP contribution in [-0.4, -0.2) is 47.2 Å². The molecule has 2 N–H and O–H groups in total. The highest BCUT2D eigenvalue weighted by molar-refractivity contribution is 5.55. The normalized spacial score (nSPS) is 16.2. The van der Waals surface area contributed by atoms with Gasteiger partial charge in [0.15, 0.2) is 0 Å². The Morgan fingerprint density at radius 1 is 0.967 bits per heavy atom. The van der Waals surface area contributed by atoms with E-state index in [1.807, 2.05) is 12.4 Å². The molecule has 0 saturated carbocycles. The second kappa shape index (κ2) is 9.02. The Kier molecular flexibility index (Phi) is 6.21. The highest BCUT2D eigenvalue weighted by Gasteiger charge is 2.23. The van der Waals surface area contributed by atoms with E-state index in [0.29, 0.717) is 5.92 Å². The van der Waals surface area contributed by atoms with Crippen LogP contribution in [0.5, 0.6) is 0 Å². The number of nitrogens with zero attached hydrogens (tertiary/aromatic N) is 4. The molecule has 0 aliphatic carbocycles. The second-order valence-corrected chi connectivity index (χ2v) is 8.60. The van der Waals surface area contributed by atoms with Crippen LogP contribution in [0.4, 0.5) is 5.69 Å². The third-order valence-corrected chi connectivity index (χ3v) is 6.04. The monoisotopic (exact) mass is 403 g/mol. The van der Waals surface area contributed by atoms with Gasteiger partial charge in [0.05, 0.1) is 6.04 Å². The van der Waals surface area contributed by atoms with Crippen LogP contribution in [0.25, 0.3) is 5.69 Å². The number of anilines is 1. The molecule has 0 radical (unpaired) electrons.